The minimum atomic E-state index is -0.477. The average molecular weight is 599 g/mol. The van der Waals surface area contributed by atoms with E-state index in [2.05, 4.69) is 78.0 Å². The first-order chi connectivity index (χ1) is 20.5. The van der Waals surface area contributed by atoms with Crippen LogP contribution in [0.1, 0.15) is 77.4 Å². The van der Waals surface area contributed by atoms with Gasteiger partial charge in [0.1, 0.15) is 24.1 Å². The average Bonchev–Trinajstić information content (AvgIpc) is 3.44. The zero-order valence-electron chi connectivity index (χ0n) is 24.7. The minimum Gasteiger partial charge on any atom is -0.462 e. The molecule has 1 aliphatic rings. The SMILES string of the molecule is CC/C=C\C/C=C\C/C=C\C/C=C\C/C=C\CCCC(=O)NCCCC(=O)OC[C@@H]1OC(n2ccc(N)nc2=O)CS1. The van der Waals surface area contributed by atoms with E-state index in [-0.39, 0.29) is 36.2 Å². The summed E-state index contributed by atoms with van der Waals surface area (Å²) in [7, 11) is 0. The second-order valence-corrected chi connectivity index (χ2v) is 10.8. The number of hydrogen-bond donors (Lipinski definition) is 2. The van der Waals surface area contributed by atoms with Gasteiger partial charge in [0.25, 0.3) is 0 Å². The third-order valence-corrected chi connectivity index (χ3v) is 7.18. The molecule has 1 aromatic rings. The number of nitrogens with two attached hydrogens (primary N) is 1. The quantitative estimate of drug-likeness (QED) is 0.110. The molecule has 230 valence electrons. The molecule has 0 bridgehead atoms. The summed E-state index contributed by atoms with van der Waals surface area (Å²) in [6.07, 6.45) is 30.5. The van der Waals surface area contributed by atoms with Crippen LogP contribution in [0.3, 0.4) is 0 Å². The molecule has 0 aromatic carbocycles. The van der Waals surface area contributed by atoms with E-state index in [1.165, 1.54) is 22.4 Å². The zero-order valence-corrected chi connectivity index (χ0v) is 25.5. The molecule has 1 unspecified atom stereocenters. The van der Waals surface area contributed by atoms with E-state index in [9.17, 15) is 14.4 Å². The van der Waals surface area contributed by atoms with Crippen molar-refractivity contribution in [1.29, 1.82) is 0 Å². The number of nitrogens with one attached hydrogen (secondary N) is 1. The van der Waals surface area contributed by atoms with Crippen LogP contribution in [0, 0.1) is 0 Å². The lowest BCUT2D eigenvalue weighted by Crippen LogP contribution is -2.29. The molecular weight excluding hydrogens is 552 g/mol. The monoisotopic (exact) mass is 598 g/mol. The summed E-state index contributed by atoms with van der Waals surface area (Å²) in [6.45, 7) is 2.67. The number of nitrogens with zero attached hydrogens (tertiary/aromatic N) is 2. The largest absolute Gasteiger partial charge is 0.462 e. The smallest absolute Gasteiger partial charge is 0.351 e. The molecule has 42 heavy (non-hydrogen) atoms. The molecule has 9 nitrogen and oxygen atoms in total. The predicted molar refractivity (Wildman–Crippen MR) is 171 cm³/mol. The zero-order chi connectivity index (χ0) is 30.3. The summed E-state index contributed by atoms with van der Waals surface area (Å²) >= 11 is 1.46. The van der Waals surface area contributed by atoms with Crippen molar-refractivity contribution < 1.29 is 19.1 Å². The molecular formula is C32H46N4O5S. The molecule has 2 rings (SSSR count). The Morgan fingerprint density at radius 2 is 1.67 bits per heavy atom. The van der Waals surface area contributed by atoms with Crippen LogP contribution in [0.4, 0.5) is 5.82 Å². The van der Waals surface area contributed by atoms with Crippen molar-refractivity contribution in [3.63, 3.8) is 0 Å². The van der Waals surface area contributed by atoms with Gasteiger partial charge in [-0.05, 0) is 57.4 Å². The Morgan fingerprint density at radius 3 is 2.31 bits per heavy atom. The number of thioether (sulfide) groups is 1. The second-order valence-electron chi connectivity index (χ2n) is 9.63. The normalized spacial score (nSPS) is 17.5. The number of ether oxygens (including phenoxy) is 2. The number of aromatic nitrogens is 2. The number of esters is 1. The number of unbranched alkanes of at least 4 members (excludes halogenated alkanes) is 1. The number of hydrogen-bond acceptors (Lipinski definition) is 8. The fraction of sp³-hybridized carbons (Fsp3) is 0.500. The molecule has 1 aromatic heterocycles. The molecule has 0 radical (unpaired) electrons. The van der Waals surface area contributed by atoms with Crippen molar-refractivity contribution >= 4 is 29.5 Å². The Kier molecular flexibility index (Phi) is 18.5. The van der Waals surface area contributed by atoms with E-state index in [1.807, 2.05) is 0 Å². The molecule has 10 heteroatoms. The Labute approximate surface area is 254 Å². The summed E-state index contributed by atoms with van der Waals surface area (Å²) in [4.78, 5) is 39.7. The molecule has 2 heterocycles. The minimum absolute atomic E-state index is 0.00934. The lowest BCUT2D eigenvalue weighted by molar-refractivity contribution is -0.147. The molecule has 0 saturated carbocycles. The van der Waals surface area contributed by atoms with Crippen LogP contribution in [-0.4, -0.2) is 45.8 Å². The van der Waals surface area contributed by atoms with Gasteiger partial charge in [-0.15, -0.1) is 11.8 Å². The van der Waals surface area contributed by atoms with Gasteiger partial charge in [-0.2, -0.15) is 4.98 Å². The number of carbonyl (C=O) groups is 2. The van der Waals surface area contributed by atoms with Crippen LogP contribution in [0.5, 0.6) is 0 Å². The molecule has 0 spiro atoms. The lowest BCUT2D eigenvalue weighted by Gasteiger charge is -2.14. The van der Waals surface area contributed by atoms with Crippen LogP contribution in [0.15, 0.2) is 77.8 Å². The van der Waals surface area contributed by atoms with E-state index in [0.717, 1.165) is 44.9 Å². The number of anilines is 1. The van der Waals surface area contributed by atoms with Crippen molar-refractivity contribution in [2.24, 2.45) is 0 Å². The van der Waals surface area contributed by atoms with E-state index < -0.39 is 11.9 Å². The highest BCUT2D eigenvalue weighted by Gasteiger charge is 2.29. The van der Waals surface area contributed by atoms with Crippen LogP contribution in [0.2, 0.25) is 0 Å². The van der Waals surface area contributed by atoms with Gasteiger partial charge in [0.15, 0.2) is 0 Å². The standard InChI is InChI=1S/C32H46N4O5S/c1-2-3-4-5-6-7-8-9-10-11-12-13-14-15-16-17-18-20-28(37)34-23-19-21-30(38)40-25-31-41-29(26-42-31)36-24-22-27(33)35-32(36)39/h3-4,6-7,9-10,12-13,15-16,22,24,29,31H,2,5,8,11,14,17-21,23,25-26H2,1H3,(H,34,37)(H2,33,35,39)/b4-3-,7-6-,10-9-,13-12-,16-15-/t29?,31-/m1/s1. The van der Waals surface area contributed by atoms with Gasteiger partial charge in [-0.25, -0.2) is 4.79 Å². The molecule has 1 amide bonds. The van der Waals surface area contributed by atoms with E-state index in [1.54, 1.807) is 6.20 Å². The summed E-state index contributed by atoms with van der Waals surface area (Å²) in [6, 6.07) is 1.54. The lowest BCUT2D eigenvalue weighted by atomic mass is 10.2. The molecule has 3 N–H and O–H groups in total. The van der Waals surface area contributed by atoms with Gasteiger partial charge in [-0.1, -0.05) is 67.7 Å². The van der Waals surface area contributed by atoms with Crippen molar-refractivity contribution in [2.75, 3.05) is 24.6 Å². The number of nitrogen functional groups attached to an aromatic ring is 1. The van der Waals surface area contributed by atoms with E-state index >= 15 is 0 Å². The van der Waals surface area contributed by atoms with Gasteiger partial charge < -0.3 is 20.5 Å². The van der Waals surface area contributed by atoms with Gasteiger partial charge in [-0.3, -0.25) is 14.2 Å². The fourth-order valence-electron chi connectivity index (χ4n) is 3.85. The highest BCUT2D eigenvalue weighted by Crippen LogP contribution is 2.31. The summed E-state index contributed by atoms with van der Waals surface area (Å²) in [5.74, 6) is 0.345. The molecule has 0 aliphatic carbocycles. The van der Waals surface area contributed by atoms with Crippen molar-refractivity contribution in [1.82, 2.24) is 14.9 Å². The maximum Gasteiger partial charge on any atom is 0.351 e. The van der Waals surface area contributed by atoms with Crippen LogP contribution in [0.25, 0.3) is 0 Å². The summed E-state index contributed by atoms with van der Waals surface area (Å²) < 4.78 is 12.4. The second kappa shape index (κ2) is 22.3. The number of amides is 1. The van der Waals surface area contributed by atoms with Gasteiger partial charge in [0.2, 0.25) is 5.91 Å². The first kappa shape index (κ1) is 34.8. The topological polar surface area (TPSA) is 126 Å². The molecule has 2 atom stereocenters. The Balaban J connectivity index is 1.42. The fourth-order valence-corrected chi connectivity index (χ4v) is 4.84. The van der Waals surface area contributed by atoms with E-state index in [4.69, 9.17) is 15.2 Å². The highest BCUT2D eigenvalue weighted by molar-refractivity contribution is 8.00. The number of carbonyl (C=O) groups excluding carboxylic acids is 2. The number of allylic oxidation sites excluding steroid dienone is 10. The molecule has 1 saturated heterocycles. The first-order valence-corrected chi connectivity index (χ1v) is 15.8. The summed E-state index contributed by atoms with van der Waals surface area (Å²) in [5, 5.41) is 2.85. The third kappa shape index (κ3) is 16.2. The highest BCUT2D eigenvalue weighted by atomic mass is 32.2. The van der Waals surface area contributed by atoms with E-state index in [0.29, 0.717) is 25.1 Å². The van der Waals surface area contributed by atoms with Crippen LogP contribution in [-0.2, 0) is 19.1 Å². The Hall–Kier alpha value is -3.37. The maximum absolute atomic E-state index is 12.0. The molecule has 1 aliphatic heterocycles. The Bertz CT molecular complexity index is 1140. The van der Waals surface area contributed by atoms with Crippen LogP contribution < -0.4 is 16.7 Å². The maximum atomic E-state index is 12.0. The first-order valence-electron chi connectivity index (χ1n) is 14.8. The van der Waals surface area contributed by atoms with Crippen molar-refractivity contribution in [3.8, 4) is 0 Å². The van der Waals surface area contributed by atoms with Gasteiger partial charge in [0, 0.05) is 31.3 Å². The van der Waals surface area contributed by atoms with Crippen molar-refractivity contribution in [3.05, 3.63) is 83.5 Å². The van der Waals surface area contributed by atoms with Gasteiger partial charge in [0.05, 0.1) is 0 Å². The van der Waals surface area contributed by atoms with Crippen molar-refractivity contribution in [2.45, 2.75) is 82.8 Å². The summed E-state index contributed by atoms with van der Waals surface area (Å²) in [5.41, 5.74) is 4.68. The predicted octanol–water partition coefficient (Wildman–Crippen LogP) is 5.77. The third-order valence-electron chi connectivity index (χ3n) is 6.09. The van der Waals surface area contributed by atoms with Crippen LogP contribution >= 0.6 is 11.8 Å². The molecule has 1 fully saturated rings. The number of rotatable bonds is 20. The van der Waals surface area contributed by atoms with Gasteiger partial charge >= 0.3 is 11.7 Å². The Morgan fingerprint density at radius 1 is 1.02 bits per heavy atom.